The molecule has 1 aliphatic carbocycles. The largest absolute Gasteiger partial charge is 0.310 e. The highest BCUT2D eigenvalue weighted by molar-refractivity contribution is 6.15. The molecular weight excluding hydrogens is 677 g/mol. The molecule has 0 fully saturated rings. The molecule has 2 nitrogen and oxygen atoms in total. The Morgan fingerprint density at radius 1 is 0.429 bits per heavy atom. The predicted octanol–water partition coefficient (Wildman–Crippen LogP) is 14.9. The van der Waals surface area contributed by atoms with E-state index < -0.39 is 0 Å². The van der Waals surface area contributed by atoms with Gasteiger partial charge in [-0.05, 0) is 106 Å². The number of nitrogens with zero attached hydrogens (tertiary/aromatic N) is 2. The van der Waals surface area contributed by atoms with Crippen LogP contribution < -0.4 is 4.90 Å². The van der Waals surface area contributed by atoms with Crippen molar-refractivity contribution in [3.05, 3.63) is 230 Å². The second-order valence-corrected chi connectivity index (χ2v) is 14.5. The zero-order valence-corrected chi connectivity index (χ0v) is 31.0. The molecule has 8 aromatic carbocycles. The molecule has 1 heterocycles. The number of benzene rings is 8. The number of anilines is 3. The van der Waals surface area contributed by atoms with Crippen molar-refractivity contribution in [3.63, 3.8) is 0 Å². The van der Waals surface area contributed by atoms with Crippen molar-refractivity contribution in [1.82, 2.24) is 4.57 Å². The molecule has 56 heavy (non-hydrogen) atoms. The number of fused-ring (bicyclic) bond motifs is 3. The molecule has 0 radical (unpaired) electrons. The van der Waals surface area contributed by atoms with Crippen LogP contribution >= 0.6 is 0 Å². The van der Waals surface area contributed by atoms with E-state index in [2.05, 4.69) is 234 Å². The van der Waals surface area contributed by atoms with Gasteiger partial charge in [0, 0.05) is 39.4 Å². The molecule has 0 saturated carbocycles. The van der Waals surface area contributed by atoms with Gasteiger partial charge >= 0.3 is 0 Å². The molecule has 9 aromatic rings. The van der Waals surface area contributed by atoms with E-state index in [1.54, 1.807) is 0 Å². The minimum Gasteiger partial charge on any atom is -0.310 e. The second kappa shape index (κ2) is 14.6. The van der Waals surface area contributed by atoms with Crippen molar-refractivity contribution >= 4 is 38.9 Å². The average Bonchev–Trinajstić information content (AvgIpc) is 3.63. The highest BCUT2D eigenvalue weighted by Crippen LogP contribution is 2.42. The molecule has 0 saturated heterocycles. The summed E-state index contributed by atoms with van der Waals surface area (Å²) < 4.78 is 2.39. The van der Waals surface area contributed by atoms with E-state index in [1.807, 2.05) is 0 Å². The first-order valence-electron chi connectivity index (χ1n) is 19.5. The lowest BCUT2D eigenvalue weighted by molar-refractivity contribution is 0.854. The van der Waals surface area contributed by atoms with Crippen molar-refractivity contribution in [2.24, 2.45) is 0 Å². The summed E-state index contributed by atoms with van der Waals surface area (Å²) in [5, 5.41) is 2.51. The zero-order chi connectivity index (χ0) is 37.3. The summed E-state index contributed by atoms with van der Waals surface area (Å²) >= 11 is 0. The van der Waals surface area contributed by atoms with E-state index >= 15 is 0 Å². The summed E-state index contributed by atoms with van der Waals surface area (Å²) in [6.45, 7) is 0. The Morgan fingerprint density at radius 3 is 1.70 bits per heavy atom. The minimum atomic E-state index is 0.400. The number of allylic oxidation sites excluding steroid dienone is 4. The number of aromatic nitrogens is 1. The van der Waals surface area contributed by atoms with Gasteiger partial charge in [-0.1, -0.05) is 164 Å². The first kappa shape index (κ1) is 33.4. The zero-order valence-electron chi connectivity index (χ0n) is 31.0. The number of para-hydroxylation sites is 2. The van der Waals surface area contributed by atoms with Gasteiger partial charge in [-0.3, -0.25) is 0 Å². The Bertz CT molecular complexity index is 2840. The maximum atomic E-state index is 2.39. The first-order valence-corrected chi connectivity index (χ1v) is 19.5. The van der Waals surface area contributed by atoms with Crippen LogP contribution in [0, 0.1) is 0 Å². The molecule has 1 aliphatic rings. The van der Waals surface area contributed by atoms with Crippen LogP contribution in [-0.4, -0.2) is 4.57 Å². The average molecular weight is 717 g/mol. The van der Waals surface area contributed by atoms with Crippen LogP contribution in [0.4, 0.5) is 17.1 Å². The SMILES string of the molecule is C1=CCC(c2ccc(N(c3ccc(-c4ccc(-c5ccccc5)cc4)cc3)c3cccc(-c4cccc5c4c4ccccc4n5-c4ccccc4)c3)cc2)C=C1. The fourth-order valence-corrected chi connectivity index (χ4v) is 8.36. The van der Waals surface area contributed by atoms with Gasteiger partial charge in [0.25, 0.3) is 0 Å². The normalized spacial score (nSPS) is 13.7. The summed E-state index contributed by atoms with van der Waals surface area (Å²) in [6.07, 6.45) is 9.89. The maximum absolute atomic E-state index is 2.39. The van der Waals surface area contributed by atoms with E-state index in [0.717, 1.165) is 29.2 Å². The summed E-state index contributed by atoms with van der Waals surface area (Å²) in [6, 6.07) is 72.8. The van der Waals surface area contributed by atoms with Crippen molar-refractivity contribution in [2.45, 2.75) is 12.3 Å². The summed E-state index contributed by atoms with van der Waals surface area (Å²) in [5.74, 6) is 0.400. The second-order valence-electron chi connectivity index (χ2n) is 14.5. The maximum Gasteiger partial charge on any atom is 0.0547 e. The summed E-state index contributed by atoms with van der Waals surface area (Å²) in [4.78, 5) is 2.39. The van der Waals surface area contributed by atoms with E-state index in [4.69, 9.17) is 0 Å². The minimum absolute atomic E-state index is 0.400. The fourth-order valence-electron chi connectivity index (χ4n) is 8.36. The van der Waals surface area contributed by atoms with Crippen LogP contribution in [0.5, 0.6) is 0 Å². The molecule has 2 heteroatoms. The van der Waals surface area contributed by atoms with Crippen molar-refractivity contribution < 1.29 is 0 Å². The molecule has 1 aromatic heterocycles. The Hall–Kier alpha value is -7.16. The number of rotatable bonds is 8. The Labute approximate surface area is 328 Å². The monoisotopic (exact) mass is 716 g/mol. The molecule has 1 atom stereocenters. The van der Waals surface area contributed by atoms with Crippen LogP contribution in [0.1, 0.15) is 17.9 Å². The van der Waals surface area contributed by atoms with Crippen LogP contribution in [0.15, 0.2) is 224 Å². The van der Waals surface area contributed by atoms with Gasteiger partial charge in [0.15, 0.2) is 0 Å². The molecular formula is C54H40N2. The number of hydrogen-bond donors (Lipinski definition) is 0. The lowest BCUT2D eigenvalue weighted by Gasteiger charge is -2.27. The van der Waals surface area contributed by atoms with Crippen molar-refractivity contribution in [2.75, 3.05) is 4.90 Å². The Kier molecular flexibility index (Phi) is 8.70. The topological polar surface area (TPSA) is 8.17 Å². The molecule has 10 rings (SSSR count). The molecule has 0 amide bonds. The fraction of sp³-hybridized carbons (Fsp3) is 0.0370. The van der Waals surface area contributed by atoms with Crippen LogP contribution in [0.2, 0.25) is 0 Å². The van der Waals surface area contributed by atoms with Crippen molar-refractivity contribution in [3.8, 4) is 39.1 Å². The molecule has 1 unspecified atom stereocenters. The Morgan fingerprint density at radius 2 is 1.00 bits per heavy atom. The third-order valence-electron chi connectivity index (χ3n) is 11.1. The third-order valence-corrected chi connectivity index (χ3v) is 11.1. The highest BCUT2D eigenvalue weighted by Gasteiger charge is 2.19. The van der Waals surface area contributed by atoms with E-state index in [9.17, 15) is 0 Å². The van der Waals surface area contributed by atoms with Gasteiger partial charge < -0.3 is 9.47 Å². The quantitative estimate of drug-likeness (QED) is 0.152. The molecule has 0 bridgehead atoms. The first-order chi connectivity index (χ1) is 27.8. The molecule has 266 valence electrons. The van der Waals surface area contributed by atoms with Crippen LogP contribution in [-0.2, 0) is 0 Å². The highest BCUT2D eigenvalue weighted by atomic mass is 15.1. The van der Waals surface area contributed by atoms with Gasteiger partial charge in [0.05, 0.1) is 11.0 Å². The standard InChI is InChI=1S/C54H40N2/c1-4-14-39(15-5-1)41-26-28-42(29-27-41)44-32-36-48(37-33-44)55(47-34-30-43(31-35-47)40-16-6-2-7-17-40)49-21-12-18-45(38-49)50-23-13-25-53-54(50)51-22-10-11-24-52(51)56(53)46-19-8-3-9-20-46/h1-16,18-38,40H,17H2. The van der Waals surface area contributed by atoms with Gasteiger partial charge in [-0.25, -0.2) is 0 Å². The van der Waals surface area contributed by atoms with Gasteiger partial charge in [-0.2, -0.15) is 0 Å². The lowest BCUT2D eigenvalue weighted by atomic mass is 9.92. The van der Waals surface area contributed by atoms with Crippen LogP contribution in [0.3, 0.4) is 0 Å². The van der Waals surface area contributed by atoms with Gasteiger partial charge in [-0.15, -0.1) is 0 Å². The molecule has 0 aliphatic heterocycles. The predicted molar refractivity (Wildman–Crippen MR) is 237 cm³/mol. The van der Waals surface area contributed by atoms with Gasteiger partial charge in [0.2, 0.25) is 0 Å². The Balaban J connectivity index is 1.07. The van der Waals surface area contributed by atoms with E-state index in [1.165, 1.54) is 60.8 Å². The smallest absolute Gasteiger partial charge is 0.0547 e. The summed E-state index contributed by atoms with van der Waals surface area (Å²) in [7, 11) is 0. The lowest BCUT2D eigenvalue weighted by Crippen LogP contribution is -2.10. The molecule has 0 spiro atoms. The van der Waals surface area contributed by atoms with Gasteiger partial charge in [0.1, 0.15) is 0 Å². The van der Waals surface area contributed by atoms with E-state index in [0.29, 0.717) is 5.92 Å². The molecule has 0 N–H and O–H groups in total. The van der Waals surface area contributed by atoms with Crippen LogP contribution in [0.25, 0.3) is 60.9 Å². The summed E-state index contributed by atoms with van der Waals surface area (Å²) in [5.41, 5.74) is 15.5. The third kappa shape index (κ3) is 6.22. The van der Waals surface area contributed by atoms with E-state index in [-0.39, 0.29) is 0 Å². The van der Waals surface area contributed by atoms with Crippen molar-refractivity contribution in [1.29, 1.82) is 0 Å². The number of hydrogen-bond acceptors (Lipinski definition) is 1.